The van der Waals surface area contributed by atoms with Gasteiger partial charge in [0.05, 0.1) is 4.92 Å². The van der Waals surface area contributed by atoms with Gasteiger partial charge < -0.3 is 10.3 Å². The summed E-state index contributed by atoms with van der Waals surface area (Å²) in [5.74, 6) is -0.309. The van der Waals surface area contributed by atoms with Gasteiger partial charge in [0, 0.05) is 66.4 Å². The second-order valence-corrected chi connectivity index (χ2v) is 7.32. The number of H-pyrrole nitrogens is 1. The molecule has 0 bridgehead atoms. The Morgan fingerprint density at radius 2 is 1.84 bits per heavy atom. The first kappa shape index (κ1) is 20.3. The van der Waals surface area contributed by atoms with Crippen molar-refractivity contribution < 1.29 is 9.72 Å². The number of nitro groups is 1. The van der Waals surface area contributed by atoms with Gasteiger partial charge in [0.2, 0.25) is 5.91 Å². The summed E-state index contributed by atoms with van der Waals surface area (Å²) in [6.45, 7) is 0.497. The van der Waals surface area contributed by atoms with Gasteiger partial charge in [0.1, 0.15) is 0 Å². The summed E-state index contributed by atoms with van der Waals surface area (Å²) in [5, 5.41) is 15.0. The summed E-state index contributed by atoms with van der Waals surface area (Å²) in [7, 11) is 0. The molecule has 2 aromatic carbocycles. The molecule has 0 saturated carbocycles. The van der Waals surface area contributed by atoms with Gasteiger partial charge in [-0.3, -0.25) is 19.9 Å². The third-order valence-corrected chi connectivity index (χ3v) is 5.32. The first-order valence-electron chi connectivity index (χ1n) is 10.1. The van der Waals surface area contributed by atoms with Gasteiger partial charge in [-0.1, -0.05) is 36.4 Å². The van der Waals surface area contributed by atoms with Gasteiger partial charge >= 0.3 is 0 Å². The number of amides is 1. The van der Waals surface area contributed by atoms with E-state index in [1.54, 1.807) is 18.3 Å². The fourth-order valence-corrected chi connectivity index (χ4v) is 3.75. The maximum atomic E-state index is 12.8. The van der Waals surface area contributed by atoms with E-state index in [1.807, 2.05) is 48.7 Å². The number of para-hydroxylation sites is 1. The molecule has 1 atom stereocenters. The molecule has 4 aromatic rings. The maximum Gasteiger partial charge on any atom is 0.269 e. The Morgan fingerprint density at radius 1 is 1.06 bits per heavy atom. The third kappa shape index (κ3) is 4.78. The van der Waals surface area contributed by atoms with Crippen molar-refractivity contribution in [2.45, 2.75) is 18.8 Å². The molecule has 2 heterocycles. The normalized spacial score (nSPS) is 11.9. The number of carbonyl (C=O) groups is 1. The minimum Gasteiger partial charge on any atom is -0.361 e. The van der Waals surface area contributed by atoms with Crippen LogP contribution < -0.4 is 5.32 Å². The van der Waals surface area contributed by atoms with E-state index in [4.69, 9.17) is 0 Å². The number of nitro benzene ring substituents is 1. The lowest BCUT2D eigenvalue weighted by Crippen LogP contribution is -2.27. The Labute approximate surface area is 179 Å². The molecular formula is C24H22N4O3. The van der Waals surface area contributed by atoms with E-state index in [9.17, 15) is 14.9 Å². The molecule has 4 rings (SSSR count). The highest BCUT2D eigenvalue weighted by Gasteiger charge is 2.22. The number of non-ortho nitro benzene ring substituents is 1. The maximum absolute atomic E-state index is 12.8. The predicted octanol–water partition coefficient (Wildman–Crippen LogP) is 4.35. The Morgan fingerprint density at radius 3 is 2.58 bits per heavy atom. The van der Waals surface area contributed by atoms with Crippen molar-refractivity contribution in [3.63, 3.8) is 0 Å². The number of rotatable bonds is 8. The van der Waals surface area contributed by atoms with Crippen LogP contribution in [0.3, 0.4) is 0 Å². The van der Waals surface area contributed by atoms with Gasteiger partial charge in [-0.25, -0.2) is 0 Å². The first-order chi connectivity index (χ1) is 15.1. The van der Waals surface area contributed by atoms with Crippen LogP contribution in [0, 0.1) is 10.1 Å². The second kappa shape index (κ2) is 9.21. The lowest BCUT2D eigenvalue weighted by molar-refractivity contribution is -0.384. The van der Waals surface area contributed by atoms with Crippen molar-refractivity contribution in [1.82, 2.24) is 15.3 Å². The smallest absolute Gasteiger partial charge is 0.269 e. The number of pyridine rings is 1. The molecule has 7 nitrogen and oxygen atoms in total. The lowest BCUT2D eigenvalue weighted by Gasteiger charge is -2.17. The largest absolute Gasteiger partial charge is 0.361 e. The fraction of sp³-hybridized carbons (Fsp3) is 0.167. The van der Waals surface area contributed by atoms with Crippen LogP contribution in [0.15, 0.2) is 79.1 Å². The number of aromatic nitrogens is 2. The van der Waals surface area contributed by atoms with Crippen LogP contribution in [0.2, 0.25) is 0 Å². The summed E-state index contributed by atoms with van der Waals surface area (Å²) in [4.78, 5) is 30.9. The molecule has 2 aromatic heterocycles. The lowest BCUT2D eigenvalue weighted by atomic mass is 9.88. The Hall–Kier alpha value is -4.00. The van der Waals surface area contributed by atoms with Crippen LogP contribution >= 0.6 is 0 Å². The molecular weight excluding hydrogens is 392 g/mol. The van der Waals surface area contributed by atoms with Crippen LogP contribution in [0.1, 0.15) is 29.2 Å². The molecule has 0 saturated heterocycles. The molecule has 0 unspecified atom stereocenters. The van der Waals surface area contributed by atoms with E-state index >= 15 is 0 Å². The monoisotopic (exact) mass is 414 g/mol. The predicted molar refractivity (Wildman–Crippen MR) is 119 cm³/mol. The Bertz CT molecular complexity index is 1190. The molecule has 0 fully saturated rings. The molecule has 7 heteroatoms. The molecule has 1 amide bonds. The summed E-state index contributed by atoms with van der Waals surface area (Å²) >= 11 is 0. The average molecular weight is 414 g/mol. The van der Waals surface area contributed by atoms with E-state index in [2.05, 4.69) is 15.3 Å². The minimum absolute atomic E-state index is 0.0289. The average Bonchev–Trinajstić information content (AvgIpc) is 3.22. The second-order valence-electron chi connectivity index (χ2n) is 7.32. The summed E-state index contributed by atoms with van der Waals surface area (Å²) in [6, 6.07) is 20.0. The van der Waals surface area contributed by atoms with Gasteiger partial charge in [-0.15, -0.1) is 0 Å². The highest BCUT2D eigenvalue weighted by Crippen LogP contribution is 2.34. The number of fused-ring (bicyclic) bond motifs is 1. The van der Waals surface area contributed by atoms with E-state index in [0.717, 1.165) is 27.7 Å². The van der Waals surface area contributed by atoms with E-state index in [-0.39, 0.29) is 23.9 Å². The number of nitrogens with one attached hydrogen (secondary N) is 2. The van der Waals surface area contributed by atoms with Gasteiger partial charge in [0.15, 0.2) is 0 Å². The highest BCUT2D eigenvalue weighted by atomic mass is 16.6. The van der Waals surface area contributed by atoms with Crippen molar-refractivity contribution in [2.75, 3.05) is 6.54 Å². The number of aromatic amines is 1. The van der Waals surface area contributed by atoms with Crippen molar-refractivity contribution in [2.24, 2.45) is 0 Å². The number of hydrogen-bond donors (Lipinski definition) is 2. The molecule has 0 spiro atoms. The van der Waals surface area contributed by atoms with Gasteiger partial charge in [-0.2, -0.15) is 0 Å². The zero-order valence-corrected chi connectivity index (χ0v) is 16.8. The van der Waals surface area contributed by atoms with E-state index in [1.165, 1.54) is 12.1 Å². The molecule has 0 aliphatic rings. The molecule has 156 valence electrons. The van der Waals surface area contributed by atoms with Gasteiger partial charge in [0.25, 0.3) is 5.69 Å². The van der Waals surface area contributed by atoms with Crippen LogP contribution in [0.4, 0.5) is 5.69 Å². The zero-order valence-electron chi connectivity index (χ0n) is 16.8. The molecule has 0 radical (unpaired) electrons. The number of carbonyl (C=O) groups excluding carboxylic acids is 1. The summed E-state index contributed by atoms with van der Waals surface area (Å²) in [5.41, 5.74) is 3.78. The number of nitrogens with zero attached hydrogens (tertiary/aromatic N) is 2. The topological polar surface area (TPSA) is 101 Å². The number of benzene rings is 2. The van der Waals surface area contributed by atoms with Crippen LogP contribution in [0.25, 0.3) is 10.9 Å². The molecule has 0 aliphatic carbocycles. The Balaban J connectivity index is 1.55. The zero-order chi connectivity index (χ0) is 21.6. The standard InChI is InChI=1S/C24H22N4O3/c29-24(26-14-12-18-5-3-4-13-25-18)15-21(17-8-10-19(11-9-17)28(30)31)22-16-27-23-7-2-1-6-20(22)23/h1-11,13,16,21,27H,12,14-15H2,(H,26,29)/t21-/m0/s1. The van der Waals surface area contributed by atoms with Crippen molar-refractivity contribution in [1.29, 1.82) is 0 Å². The third-order valence-electron chi connectivity index (χ3n) is 5.32. The van der Waals surface area contributed by atoms with Crippen molar-refractivity contribution in [3.05, 3.63) is 106 Å². The van der Waals surface area contributed by atoms with Crippen molar-refractivity contribution >= 4 is 22.5 Å². The quantitative estimate of drug-likeness (QED) is 0.331. The van der Waals surface area contributed by atoms with Gasteiger partial charge in [-0.05, 0) is 29.3 Å². The van der Waals surface area contributed by atoms with Crippen LogP contribution in [-0.4, -0.2) is 27.3 Å². The fourth-order valence-electron chi connectivity index (χ4n) is 3.75. The molecule has 0 aliphatic heterocycles. The Kier molecular flexibility index (Phi) is 6.03. The summed E-state index contributed by atoms with van der Waals surface area (Å²) < 4.78 is 0. The molecule has 2 N–H and O–H groups in total. The highest BCUT2D eigenvalue weighted by molar-refractivity contribution is 5.86. The SMILES string of the molecule is O=C(C[C@@H](c1ccc([N+](=O)[O-])cc1)c1c[nH]c2ccccc12)NCCc1ccccn1. The van der Waals surface area contributed by atoms with Crippen LogP contribution in [-0.2, 0) is 11.2 Å². The number of hydrogen-bond acceptors (Lipinski definition) is 4. The van der Waals surface area contributed by atoms with Crippen molar-refractivity contribution in [3.8, 4) is 0 Å². The van der Waals surface area contributed by atoms with Crippen LogP contribution in [0.5, 0.6) is 0 Å². The minimum atomic E-state index is -0.422. The van der Waals surface area contributed by atoms with E-state index in [0.29, 0.717) is 13.0 Å². The summed E-state index contributed by atoms with van der Waals surface area (Å²) in [6.07, 6.45) is 4.54. The van der Waals surface area contributed by atoms with E-state index < -0.39 is 4.92 Å². The first-order valence-corrected chi connectivity index (χ1v) is 10.1. The molecule has 31 heavy (non-hydrogen) atoms.